The summed E-state index contributed by atoms with van der Waals surface area (Å²) < 4.78 is 0. The van der Waals surface area contributed by atoms with E-state index in [1.54, 1.807) is 0 Å². The molecule has 0 saturated heterocycles. The molecular weight excluding hydrogens is 146 g/mol. The number of amides is 1. The normalized spacial score (nSPS) is 12.1. The van der Waals surface area contributed by atoms with Gasteiger partial charge < -0.3 is 10.4 Å². The minimum Gasteiger partial charge on any atom is -0.481 e. The van der Waals surface area contributed by atoms with Crippen LogP contribution in [0.2, 0.25) is 0 Å². The number of aliphatic carboxylic acids is 1. The smallest absolute Gasteiger partial charge is 0.308 e. The SMILES string of the molecule is CCCC(CNC=O)C(=O)O. The number of nitrogens with one attached hydrogen (secondary N) is 1. The Hall–Kier alpha value is -1.06. The molecule has 0 aliphatic carbocycles. The van der Waals surface area contributed by atoms with E-state index in [1.165, 1.54) is 0 Å². The van der Waals surface area contributed by atoms with E-state index < -0.39 is 11.9 Å². The van der Waals surface area contributed by atoms with Crippen LogP contribution in [0.5, 0.6) is 0 Å². The predicted octanol–water partition coefficient (Wildman–Crippen LogP) is 0.233. The molecule has 0 aliphatic heterocycles. The lowest BCUT2D eigenvalue weighted by molar-refractivity contribution is -0.141. The van der Waals surface area contributed by atoms with Gasteiger partial charge in [0.15, 0.2) is 0 Å². The molecule has 0 aromatic heterocycles. The highest BCUT2D eigenvalue weighted by molar-refractivity contribution is 5.70. The van der Waals surface area contributed by atoms with Crippen molar-refractivity contribution in [3.8, 4) is 0 Å². The first-order valence-corrected chi connectivity index (χ1v) is 3.62. The summed E-state index contributed by atoms with van der Waals surface area (Å²) in [5.41, 5.74) is 0. The van der Waals surface area contributed by atoms with E-state index in [-0.39, 0.29) is 6.54 Å². The summed E-state index contributed by atoms with van der Waals surface area (Å²) in [6.07, 6.45) is 1.94. The van der Waals surface area contributed by atoms with Gasteiger partial charge in [0.25, 0.3) is 0 Å². The van der Waals surface area contributed by atoms with Gasteiger partial charge in [-0.15, -0.1) is 0 Å². The molecule has 4 nitrogen and oxygen atoms in total. The van der Waals surface area contributed by atoms with Crippen molar-refractivity contribution in [2.75, 3.05) is 6.54 Å². The molecule has 1 amide bonds. The second-order valence-corrected chi connectivity index (χ2v) is 2.35. The van der Waals surface area contributed by atoms with Crippen LogP contribution in [0.15, 0.2) is 0 Å². The van der Waals surface area contributed by atoms with Crippen LogP contribution in [0.25, 0.3) is 0 Å². The molecule has 0 bridgehead atoms. The van der Waals surface area contributed by atoms with Gasteiger partial charge in [0, 0.05) is 6.54 Å². The number of hydrogen-bond acceptors (Lipinski definition) is 2. The molecular formula is C7H13NO3. The molecule has 1 unspecified atom stereocenters. The first-order valence-electron chi connectivity index (χ1n) is 3.62. The van der Waals surface area contributed by atoms with E-state index in [1.807, 2.05) is 6.92 Å². The van der Waals surface area contributed by atoms with E-state index >= 15 is 0 Å². The molecule has 0 aromatic rings. The summed E-state index contributed by atoms with van der Waals surface area (Å²) in [6.45, 7) is 2.14. The summed E-state index contributed by atoms with van der Waals surface area (Å²) in [5, 5.41) is 10.9. The Labute approximate surface area is 65.6 Å². The van der Waals surface area contributed by atoms with Crippen LogP contribution in [-0.2, 0) is 9.59 Å². The standard InChI is InChI=1S/C7H13NO3/c1-2-3-6(7(10)11)4-8-5-9/h5-6H,2-4H2,1H3,(H,8,9)(H,10,11). The maximum atomic E-state index is 10.4. The van der Waals surface area contributed by atoms with Crippen molar-refractivity contribution in [1.29, 1.82) is 0 Å². The van der Waals surface area contributed by atoms with E-state index in [9.17, 15) is 9.59 Å². The van der Waals surface area contributed by atoms with Crippen molar-refractivity contribution in [3.05, 3.63) is 0 Å². The van der Waals surface area contributed by atoms with Crippen molar-refractivity contribution in [1.82, 2.24) is 5.32 Å². The van der Waals surface area contributed by atoms with Gasteiger partial charge in [-0.3, -0.25) is 9.59 Å². The van der Waals surface area contributed by atoms with Crippen LogP contribution in [0, 0.1) is 5.92 Å². The minimum absolute atomic E-state index is 0.229. The van der Waals surface area contributed by atoms with Gasteiger partial charge in [-0.2, -0.15) is 0 Å². The highest BCUT2D eigenvalue weighted by Crippen LogP contribution is 2.04. The highest BCUT2D eigenvalue weighted by atomic mass is 16.4. The van der Waals surface area contributed by atoms with Crippen LogP contribution < -0.4 is 5.32 Å². The van der Waals surface area contributed by atoms with E-state index in [4.69, 9.17) is 5.11 Å². The lowest BCUT2D eigenvalue weighted by Crippen LogP contribution is -2.27. The summed E-state index contributed by atoms with van der Waals surface area (Å²) >= 11 is 0. The Morgan fingerprint density at radius 2 is 2.36 bits per heavy atom. The maximum Gasteiger partial charge on any atom is 0.308 e. The Kier molecular flexibility index (Phi) is 5.15. The van der Waals surface area contributed by atoms with Crippen molar-refractivity contribution in [3.63, 3.8) is 0 Å². The van der Waals surface area contributed by atoms with Crippen LogP contribution in [0.1, 0.15) is 19.8 Å². The first kappa shape index (κ1) is 9.94. The number of rotatable bonds is 6. The van der Waals surface area contributed by atoms with E-state index in [0.29, 0.717) is 12.8 Å². The number of carboxylic acid groups (broad SMARTS) is 1. The molecule has 2 N–H and O–H groups in total. The molecule has 64 valence electrons. The summed E-state index contributed by atoms with van der Waals surface area (Å²) in [7, 11) is 0. The Bertz CT molecular complexity index is 136. The van der Waals surface area contributed by atoms with E-state index in [0.717, 1.165) is 6.42 Å². The largest absolute Gasteiger partial charge is 0.481 e. The maximum absolute atomic E-state index is 10.4. The minimum atomic E-state index is -0.846. The molecule has 0 aliphatic rings. The zero-order valence-corrected chi connectivity index (χ0v) is 6.54. The van der Waals surface area contributed by atoms with Gasteiger partial charge in [0.2, 0.25) is 6.41 Å². The van der Waals surface area contributed by atoms with Crippen molar-refractivity contribution < 1.29 is 14.7 Å². The fraction of sp³-hybridized carbons (Fsp3) is 0.714. The third kappa shape index (κ3) is 4.36. The van der Waals surface area contributed by atoms with Crippen LogP contribution in [0.4, 0.5) is 0 Å². The summed E-state index contributed by atoms with van der Waals surface area (Å²) in [6, 6.07) is 0. The topological polar surface area (TPSA) is 66.4 Å². The Morgan fingerprint density at radius 3 is 2.73 bits per heavy atom. The quantitative estimate of drug-likeness (QED) is 0.545. The fourth-order valence-corrected chi connectivity index (χ4v) is 0.852. The second kappa shape index (κ2) is 5.70. The number of carboxylic acids is 1. The van der Waals surface area contributed by atoms with Crippen LogP contribution >= 0.6 is 0 Å². The molecule has 0 rings (SSSR count). The number of carbonyl (C=O) groups excluding carboxylic acids is 1. The molecule has 1 atom stereocenters. The summed E-state index contributed by atoms with van der Waals surface area (Å²) in [5.74, 6) is -1.29. The zero-order valence-electron chi connectivity index (χ0n) is 6.54. The molecule has 0 aromatic carbocycles. The Balaban J connectivity index is 3.68. The molecule has 4 heteroatoms. The first-order chi connectivity index (χ1) is 5.22. The van der Waals surface area contributed by atoms with Gasteiger partial charge in [0.05, 0.1) is 5.92 Å². The van der Waals surface area contributed by atoms with Gasteiger partial charge in [-0.1, -0.05) is 13.3 Å². The van der Waals surface area contributed by atoms with Gasteiger partial charge in [-0.05, 0) is 6.42 Å². The average Bonchev–Trinajstić information content (AvgIpc) is 1.97. The second-order valence-electron chi connectivity index (χ2n) is 2.35. The predicted molar refractivity (Wildman–Crippen MR) is 40.1 cm³/mol. The fourth-order valence-electron chi connectivity index (χ4n) is 0.852. The van der Waals surface area contributed by atoms with Gasteiger partial charge >= 0.3 is 5.97 Å². The van der Waals surface area contributed by atoms with Crippen molar-refractivity contribution in [2.24, 2.45) is 5.92 Å². The average molecular weight is 159 g/mol. The highest BCUT2D eigenvalue weighted by Gasteiger charge is 2.14. The van der Waals surface area contributed by atoms with Crippen LogP contribution in [-0.4, -0.2) is 24.0 Å². The molecule has 0 fully saturated rings. The molecule has 0 spiro atoms. The summed E-state index contributed by atoms with van der Waals surface area (Å²) in [4.78, 5) is 20.3. The number of carbonyl (C=O) groups is 2. The van der Waals surface area contributed by atoms with Gasteiger partial charge in [0.1, 0.15) is 0 Å². The Morgan fingerprint density at radius 1 is 1.73 bits per heavy atom. The monoisotopic (exact) mass is 159 g/mol. The molecule has 0 heterocycles. The number of hydrogen-bond donors (Lipinski definition) is 2. The third-order valence-electron chi connectivity index (χ3n) is 1.43. The van der Waals surface area contributed by atoms with E-state index in [2.05, 4.69) is 5.32 Å². The molecule has 11 heavy (non-hydrogen) atoms. The molecule has 0 saturated carbocycles. The van der Waals surface area contributed by atoms with Crippen LogP contribution in [0.3, 0.4) is 0 Å². The van der Waals surface area contributed by atoms with Crippen molar-refractivity contribution in [2.45, 2.75) is 19.8 Å². The lowest BCUT2D eigenvalue weighted by Gasteiger charge is -2.08. The molecule has 0 radical (unpaired) electrons. The lowest BCUT2D eigenvalue weighted by atomic mass is 10.0. The zero-order chi connectivity index (χ0) is 8.69. The van der Waals surface area contributed by atoms with Crippen molar-refractivity contribution >= 4 is 12.4 Å². The third-order valence-corrected chi connectivity index (χ3v) is 1.43. The van der Waals surface area contributed by atoms with Gasteiger partial charge in [-0.25, -0.2) is 0 Å².